The lowest BCUT2D eigenvalue weighted by Gasteiger charge is -2.02. The molecule has 0 aliphatic rings. The summed E-state index contributed by atoms with van der Waals surface area (Å²) < 4.78 is 1.66. The maximum atomic E-state index is 11.3. The number of thioether (sulfide) groups is 1. The van der Waals surface area contributed by atoms with Crippen molar-refractivity contribution in [1.82, 2.24) is 14.8 Å². The zero-order valence-electron chi connectivity index (χ0n) is 8.54. The van der Waals surface area contributed by atoms with E-state index < -0.39 is 0 Å². The fourth-order valence-electron chi connectivity index (χ4n) is 1.02. The highest BCUT2D eigenvalue weighted by atomic mass is 32.2. The van der Waals surface area contributed by atoms with Gasteiger partial charge in [0.2, 0.25) is 0 Å². The summed E-state index contributed by atoms with van der Waals surface area (Å²) in [6.45, 7) is 8.52. The Morgan fingerprint density at radius 3 is 3.00 bits per heavy atom. The summed E-state index contributed by atoms with van der Waals surface area (Å²) >= 11 is 1.54. The predicted molar refractivity (Wildman–Crippen MR) is 58.7 cm³/mol. The van der Waals surface area contributed by atoms with Crippen LogP contribution in [0.5, 0.6) is 0 Å². The first-order valence-electron chi connectivity index (χ1n) is 4.57. The largest absolute Gasteiger partial charge is 0.343 e. The molecule has 5 heteroatoms. The maximum absolute atomic E-state index is 11.3. The average molecular weight is 213 g/mol. The van der Waals surface area contributed by atoms with Gasteiger partial charge in [-0.3, -0.25) is 4.57 Å². The van der Waals surface area contributed by atoms with E-state index in [9.17, 15) is 4.79 Å². The van der Waals surface area contributed by atoms with Crippen molar-refractivity contribution in [2.75, 3.05) is 5.75 Å². The molecule has 1 rings (SSSR count). The van der Waals surface area contributed by atoms with Crippen molar-refractivity contribution in [3.8, 4) is 0 Å². The van der Waals surface area contributed by atoms with Gasteiger partial charge < -0.3 is 0 Å². The molecule has 0 aliphatic heterocycles. The van der Waals surface area contributed by atoms with Crippen molar-refractivity contribution >= 4 is 11.8 Å². The minimum absolute atomic E-state index is 0.129. The Morgan fingerprint density at radius 2 is 2.43 bits per heavy atom. The first kappa shape index (κ1) is 11.1. The van der Waals surface area contributed by atoms with Gasteiger partial charge in [-0.05, 0) is 13.3 Å². The lowest BCUT2D eigenvalue weighted by Crippen LogP contribution is -2.17. The molecule has 0 aromatic carbocycles. The van der Waals surface area contributed by atoms with E-state index in [1.54, 1.807) is 4.57 Å². The molecule has 0 atom stereocenters. The van der Waals surface area contributed by atoms with Crippen molar-refractivity contribution in [2.45, 2.75) is 32.0 Å². The normalized spacial score (nSPS) is 10.4. The number of hydrogen-bond acceptors (Lipinski definition) is 3. The SMILES string of the molecule is C=C(C)CSc1n[nH]c(=O)n1CCC. The van der Waals surface area contributed by atoms with Crippen molar-refractivity contribution in [1.29, 1.82) is 0 Å². The molecule has 0 amide bonds. The molecule has 1 N–H and O–H groups in total. The van der Waals surface area contributed by atoms with Crippen LogP contribution < -0.4 is 5.69 Å². The quantitative estimate of drug-likeness (QED) is 0.597. The second-order valence-electron chi connectivity index (χ2n) is 3.21. The van der Waals surface area contributed by atoms with E-state index >= 15 is 0 Å². The summed E-state index contributed by atoms with van der Waals surface area (Å²) in [5.41, 5.74) is 0.949. The van der Waals surface area contributed by atoms with Crippen LogP contribution in [0.1, 0.15) is 20.3 Å². The average Bonchev–Trinajstić information content (AvgIpc) is 2.46. The maximum Gasteiger partial charge on any atom is 0.343 e. The molecule has 1 aromatic heterocycles. The van der Waals surface area contributed by atoms with Crippen LogP contribution in [0.25, 0.3) is 0 Å². The van der Waals surface area contributed by atoms with E-state index in [4.69, 9.17) is 0 Å². The van der Waals surface area contributed by atoms with Gasteiger partial charge in [-0.15, -0.1) is 5.10 Å². The number of hydrogen-bond donors (Lipinski definition) is 1. The molecule has 14 heavy (non-hydrogen) atoms. The van der Waals surface area contributed by atoms with Crippen LogP contribution in [0.2, 0.25) is 0 Å². The van der Waals surface area contributed by atoms with E-state index in [0.717, 1.165) is 22.9 Å². The van der Waals surface area contributed by atoms with E-state index in [-0.39, 0.29) is 5.69 Å². The van der Waals surface area contributed by atoms with Crippen LogP contribution in [-0.4, -0.2) is 20.5 Å². The van der Waals surface area contributed by atoms with Crippen LogP contribution in [0.15, 0.2) is 22.1 Å². The van der Waals surface area contributed by atoms with Gasteiger partial charge in [0.15, 0.2) is 5.16 Å². The van der Waals surface area contributed by atoms with Gasteiger partial charge >= 0.3 is 5.69 Å². The highest BCUT2D eigenvalue weighted by Crippen LogP contribution is 2.15. The predicted octanol–water partition coefficient (Wildman–Crippen LogP) is 1.65. The number of aromatic nitrogens is 3. The summed E-state index contributed by atoms with van der Waals surface area (Å²) in [5, 5.41) is 7.16. The lowest BCUT2D eigenvalue weighted by molar-refractivity contribution is 0.604. The van der Waals surface area contributed by atoms with Gasteiger partial charge in [-0.2, -0.15) is 0 Å². The van der Waals surface area contributed by atoms with Crippen molar-refractivity contribution in [2.24, 2.45) is 0 Å². The summed E-state index contributed by atoms with van der Waals surface area (Å²) in [5.74, 6) is 0.800. The van der Waals surface area contributed by atoms with E-state index in [2.05, 4.69) is 16.8 Å². The third-order valence-electron chi connectivity index (χ3n) is 1.62. The Morgan fingerprint density at radius 1 is 1.71 bits per heavy atom. The molecule has 0 radical (unpaired) electrons. The van der Waals surface area contributed by atoms with E-state index in [1.807, 2.05) is 13.8 Å². The molecule has 78 valence electrons. The van der Waals surface area contributed by atoms with Gasteiger partial charge in [0, 0.05) is 12.3 Å². The molecule has 0 fully saturated rings. The standard InChI is InChI=1S/C9H15N3OS/c1-4-5-12-8(13)10-11-9(12)14-6-7(2)3/h2,4-6H2,1,3H3,(H,10,13). The number of aromatic amines is 1. The molecule has 0 bridgehead atoms. The first-order chi connectivity index (χ1) is 6.65. The van der Waals surface area contributed by atoms with Gasteiger partial charge in [-0.1, -0.05) is 30.8 Å². The molecule has 0 saturated carbocycles. The van der Waals surface area contributed by atoms with Gasteiger partial charge in [-0.25, -0.2) is 9.89 Å². The topological polar surface area (TPSA) is 50.7 Å². The van der Waals surface area contributed by atoms with Crippen LogP contribution >= 0.6 is 11.8 Å². The molecule has 0 aliphatic carbocycles. The van der Waals surface area contributed by atoms with Crippen LogP contribution in [0.4, 0.5) is 0 Å². The third-order valence-corrected chi connectivity index (χ3v) is 2.83. The summed E-state index contributed by atoms with van der Waals surface area (Å²) in [4.78, 5) is 11.3. The molecule has 1 heterocycles. The zero-order valence-corrected chi connectivity index (χ0v) is 9.36. The molecule has 0 unspecified atom stereocenters. The minimum Gasteiger partial charge on any atom is -0.270 e. The van der Waals surface area contributed by atoms with Crippen LogP contribution in [0, 0.1) is 0 Å². The van der Waals surface area contributed by atoms with Gasteiger partial charge in [0.1, 0.15) is 0 Å². The summed E-state index contributed by atoms with van der Waals surface area (Å²) in [6, 6.07) is 0. The second kappa shape index (κ2) is 5.05. The van der Waals surface area contributed by atoms with E-state index in [1.165, 1.54) is 11.8 Å². The van der Waals surface area contributed by atoms with Gasteiger partial charge in [0.05, 0.1) is 0 Å². The van der Waals surface area contributed by atoms with E-state index in [0.29, 0.717) is 6.54 Å². The first-order valence-corrected chi connectivity index (χ1v) is 5.56. The fourth-order valence-corrected chi connectivity index (χ4v) is 1.84. The Hall–Kier alpha value is -0.970. The monoisotopic (exact) mass is 213 g/mol. The molecule has 1 aromatic rings. The molecule has 4 nitrogen and oxygen atoms in total. The van der Waals surface area contributed by atoms with Gasteiger partial charge in [0.25, 0.3) is 0 Å². The Balaban J connectivity index is 2.75. The highest BCUT2D eigenvalue weighted by Gasteiger charge is 2.06. The minimum atomic E-state index is -0.129. The van der Waals surface area contributed by atoms with Crippen molar-refractivity contribution < 1.29 is 0 Å². The number of rotatable bonds is 5. The Labute approximate surface area is 87.4 Å². The smallest absolute Gasteiger partial charge is 0.270 e. The fraction of sp³-hybridized carbons (Fsp3) is 0.556. The zero-order chi connectivity index (χ0) is 10.6. The van der Waals surface area contributed by atoms with Crippen molar-refractivity contribution in [3.63, 3.8) is 0 Å². The highest BCUT2D eigenvalue weighted by molar-refractivity contribution is 7.99. The molecule has 0 spiro atoms. The summed E-state index contributed by atoms with van der Waals surface area (Å²) in [7, 11) is 0. The second-order valence-corrected chi connectivity index (χ2v) is 4.15. The summed E-state index contributed by atoms with van der Waals surface area (Å²) in [6.07, 6.45) is 0.931. The Kier molecular flexibility index (Phi) is 4.00. The number of nitrogens with one attached hydrogen (secondary N) is 1. The molecule has 0 saturated heterocycles. The van der Waals surface area contributed by atoms with Crippen LogP contribution in [0.3, 0.4) is 0 Å². The lowest BCUT2D eigenvalue weighted by atomic mass is 10.4. The number of nitrogens with zero attached hydrogens (tertiary/aromatic N) is 2. The third kappa shape index (κ3) is 2.77. The Bertz CT molecular complexity index is 366. The molecular weight excluding hydrogens is 198 g/mol. The molecular formula is C9H15N3OS. The number of H-pyrrole nitrogens is 1. The van der Waals surface area contributed by atoms with Crippen molar-refractivity contribution in [3.05, 3.63) is 22.6 Å². The van der Waals surface area contributed by atoms with Crippen LogP contribution in [-0.2, 0) is 6.54 Å².